The third-order valence-electron chi connectivity index (χ3n) is 3.41. The second-order valence-corrected chi connectivity index (χ2v) is 5.46. The molecule has 8 heteroatoms. The topological polar surface area (TPSA) is 105 Å². The molecular formula is C14H12ClN3O4. The van der Waals surface area contributed by atoms with Crippen molar-refractivity contribution in [3.63, 3.8) is 0 Å². The molecule has 0 saturated heterocycles. The van der Waals surface area contributed by atoms with Gasteiger partial charge in [0.15, 0.2) is 0 Å². The van der Waals surface area contributed by atoms with Gasteiger partial charge in [-0.15, -0.1) is 0 Å². The van der Waals surface area contributed by atoms with Crippen molar-refractivity contribution in [3.8, 4) is 11.4 Å². The van der Waals surface area contributed by atoms with Crippen LogP contribution in [0.15, 0.2) is 28.8 Å². The lowest BCUT2D eigenvalue weighted by molar-refractivity contribution is -0.140. The van der Waals surface area contributed by atoms with E-state index in [4.69, 9.17) is 21.2 Å². The van der Waals surface area contributed by atoms with E-state index in [1.165, 1.54) is 0 Å². The highest BCUT2D eigenvalue weighted by atomic mass is 35.5. The molecule has 1 aliphatic carbocycles. The van der Waals surface area contributed by atoms with Gasteiger partial charge in [0.25, 0.3) is 0 Å². The fraction of sp³-hybridized carbons (Fsp3) is 0.286. The van der Waals surface area contributed by atoms with Crippen molar-refractivity contribution >= 4 is 23.5 Å². The van der Waals surface area contributed by atoms with E-state index in [1.807, 2.05) is 0 Å². The average molecular weight is 322 g/mol. The quantitative estimate of drug-likeness (QED) is 0.868. The van der Waals surface area contributed by atoms with E-state index in [2.05, 4.69) is 15.5 Å². The molecule has 0 bridgehead atoms. The third kappa shape index (κ3) is 3.09. The zero-order valence-corrected chi connectivity index (χ0v) is 12.1. The van der Waals surface area contributed by atoms with Crippen LogP contribution in [-0.4, -0.2) is 27.1 Å². The van der Waals surface area contributed by atoms with Crippen LogP contribution >= 0.6 is 11.6 Å². The number of carboxylic acid groups (broad SMARTS) is 1. The number of amides is 1. The van der Waals surface area contributed by atoms with Gasteiger partial charge in [-0.2, -0.15) is 4.98 Å². The standard InChI is InChI=1S/C14H12ClN3O4/c15-8-3-1-2-7(4-8)12-17-11(22-18-12)6-16-13(19)9-5-10(9)14(20)21/h1-4,9-10H,5-6H2,(H,16,19)(H,20,21)/t9-,10-/m1/s1. The molecule has 1 amide bonds. The van der Waals surface area contributed by atoms with E-state index in [0.717, 1.165) is 0 Å². The van der Waals surface area contributed by atoms with Crippen molar-refractivity contribution < 1.29 is 19.2 Å². The Morgan fingerprint density at radius 2 is 2.23 bits per heavy atom. The highest BCUT2D eigenvalue weighted by Gasteiger charge is 2.48. The van der Waals surface area contributed by atoms with E-state index in [0.29, 0.717) is 22.8 Å². The molecule has 2 aromatic rings. The van der Waals surface area contributed by atoms with Crippen LogP contribution in [0.1, 0.15) is 12.3 Å². The fourth-order valence-corrected chi connectivity index (χ4v) is 2.31. The molecule has 0 unspecified atom stereocenters. The largest absolute Gasteiger partial charge is 0.481 e. The van der Waals surface area contributed by atoms with Gasteiger partial charge < -0.3 is 14.9 Å². The Morgan fingerprint density at radius 3 is 2.91 bits per heavy atom. The summed E-state index contributed by atoms with van der Waals surface area (Å²) < 4.78 is 5.05. The van der Waals surface area contributed by atoms with Gasteiger partial charge in [0.2, 0.25) is 17.6 Å². The lowest BCUT2D eigenvalue weighted by atomic mass is 10.2. The molecular weight excluding hydrogens is 310 g/mol. The molecule has 1 heterocycles. The van der Waals surface area contributed by atoms with Gasteiger partial charge in [-0.05, 0) is 18.6 Å². The van der Waals surface area contributed by atoms with E-state index >= 15 is 0 Å². The molecule has 114 valence electrons. The molecule has 1 fully saturated rings. The molecule has 0 radical (unpaired) electrons. The Balaban J connectivity index is 1.59. The number of hydrogen-bond donors (Lipinski definition) is 2. The first-order valence-corrected chi connectivity index (χ1v) is 7.01. The predicted octanol–water partition coefficient (Wildman–Crippen LogP) is 1.73. The van der Waals surface area contributed by atoms with E-state index in [-0.39, 0.29) is 18.3 Å². The number of aliphatic carboxylic acids is 1. The van der Waals surface area contributed by atoms with Crippen molar-refractivity contribution in [1.29, 1.82) is 0 Å². The van der Waals surface area contributed by atoms with Crippen LogP contribution in [-0.2, 0) is 16.1 Å². The molecule has 1 aromatic heterocycles. The minimum Gasteiger partial charge on any atom is -0.481 e. The number of aromatic nitrogens is 2. The number of nitrogens with one attached hydrogen (secondary N) is 1. The van der Waals surface area contributed by atoms with E-state index in [1.54, 1.807) is 24.3 Å². The summed E-state index contributed by atoms with van der Waals surface area (Å²) in [7, 11) is 0. The summed E-state index contributed by atoms with van der Waals surface area (Å²) in [5, 5.41) is 15.8. The Kier molecular flexibility index (Phi) is 3.81. The predicted molar refractivity (Wildman–Crippen MR) is 75.8 cm³/mol. The molecule has 2 atom stereocenters. The molecule has 1 aliphatic rings. The average Bonchev–Trinajstić information content (AvgIpc) is 3.16. The summed E-state index contributed by atoms with van der Waals surface area (Å²) in [6, 6.07) is 7.01. The zero-order chi connectivity index (χ0) is 15.7. The monoisotopic (exact) mass is 321 g/mol. The van der Waals surface area contributed by atoms with Crippen molar-refractivity contribution in [2.24, 2.45) is 11.8 Å². The molecule has 1 saturated carbocycles. The summed E-state index contributed by atoms with van der Waals surface area (Å²) in [5.74, 6) is -1.67. The molecule has 3 rings (SSSR count). The van der Waals surface area contributed by atoms with Gasteiger partial charge in [0.1, 0.15) is 0 Å². The first-order chi connectivity index (χ1) is 10.5. The number of hydrogen-bond acceptors (Lipinski definition) is 5. The van der Waals surface area contributed by atoms with Gasteiger partial charge in [0.05, 0.1) is 18.4 Å². The minimum atomic E-state index is -0.943. The summed E-state index contributed by atoms with van der Waals surface area (Å²) in [5.41, 5.74) is 0.710. The second kappa shape index (κ2) is 5.76. The van der Waals surface area contributed by atoms with Crippen molar-refractivity contribution in [1.82, 2.24) is 15.5 Å². The number of nitrogens with zero attached hydrogens (tertiary/aromatic N) is 2. The molecule has 7 nitrogen and oxygen atoms in total. The third-order valence-corrected chi connectivity index (χ3v) is 3.64. The van der Waals surface area contributed by atoms with Gasteiger partial charge in [-0.3, -0.25) is 9.59 Å². The molecule has 22 heavy (non-hydrogen) atoms. The highest BCUT2D eigenvalue weighted by molar-refractivity contribution is 6.30. The maximum absolute atomic E-state index is 11.7. The lowest BCUT2D eigenvalue weighted by Crippen LogP contribution is -2.26. The van der Waals surface area contributed by atoms with Crippen LogP contribution in [0, 0.1) is 11.8 Å². The maximum atomic E-state index is 11.7. The smallest absolute Gasteiger partial charge is 0.307 e. The van der Waals surface area contributed by atoms with E-state index in [9.17, 15) is 9.59 Å². The van der Waals surface area contributed by atoms with Gasteiger partial charge in [-0.1, -0.05) is 28.9 Å². The van der Waals surface area contributed by atoms with Crippen molar-refractivity contribution in [2.75, 3.05) is 0 Å². The summed E-state index contributed by atoms with van der Waals surface area (Å²) in [6.07, 6.45) is 0.374. The molecule has 1 aromatic carbocycles. The summed E-state index contributed by atoms with van der Waals surface area (Å²) in [6.45, 7) is 0.0647. The minimum absolute atomic E-state index is 0.0647. The Hall–Kier alpha value is -2.41. The van der Waals surface area contributed by atoms with Crippen LogP contribution in [0.25, 0.3) is 11.4 Å². The Labute approximate surface area is 130 Å². The number of benzene rings is 1. The number of halogens is 1. The van der Waals surface area contributed by atoms with Crippen LogP contribution in [0.3, 0.4) is 0 Å². The Morgan fingerprint density at radius 1 is 1.41 bits per heavy atom. The number of carbonyl (C=O) groups excluding carboxylic acids is 1. The number of rotatable bonds is 5. The summed E-state index contributed by atoms with van der Waals surface area (Å²) >= 11 is 5.89. The van der Waals surface area contributed by atoms with Gasteiger partial charge in [-0.25, -0.2) is 0 Å². The molecule has 2 N–H and O–H groups in total. The van der Waals surface area contributed by atoms with Crippen LogP contribution in [0.4, 0.5) is 0 Å². The van der Waals surface area contributed by atoms with Crippen molar-refractivity contribution in [3.05, 3.63) is 35.2 Å². The van der Waals surface area contributed by atoms with Crippen LogP contribution in [0.2, 0.25) is 5.02 Å². The summed E-state index contributed by atoms with van der Waals surface area (Å²) in [4.78, 5) is 26.6. The second-order valence-electron chi connectivity index (χ2n) is 5.03. The zero-order valence-electron chi connectivity index (χ0n) is 11.3. The maximum Gasteiger partial charge on any atom is 0.307 e. The van der Waals surface area contributed by atoms with Crippen LogP contribution < -0.4 is 5.32 Å². The lowest BCUT2D eigenvalue weighted by Gasteiger charge is -1.99. The Bertz CT molecular complexity index is 730. The van der Waals surface area contributed by atoms with Crippen LogP contribution in [0.5, 0.6) is 0 Å². The number of carbonyl (C=O) groups is 2. The number of carboxylic acids is 1. The van der Waals surface area contributed by atoms with Crippen molar-refractivity contribution in [2.45, 2.75) is 13.0 Å². The van der Waals surface area contributed by atoms with Gasteiger partial charge in [0, 0.05) is 10.6 Å². The molecule has 0 spiro atoms. The first-order valence-electron chi connectivity index (χ1n) is 6.63. The van der Waals surface area contributed by atoms with Gasteiger partial charge >= 0.3 is 5.97 Å². The highest BCUT2D eigenvalue weighted by Crippen LogP contribution is 2.38. The SMILES string of the molecule is O=C(O)[C@@H]1C[C@H]1C(=O)NCc1nc(-c2cccc(Cl)c2)no1. The normalized spacial score (nSPS) is 19.7. The first kappa shape index (κ1) is 14.5. The molecule has 0 aliphatic heterocycles. The fourth-order valence-electron chi connectivity index (χ4n) is 2.12. The van der Waals surface area contributed by atoms with E-state index < -0.39 is 17.8 Å².